The third-order valence-corrected chi connectivity index (χ3v) is 12.4. The number of rotatable bonds is 12. The normalized spacial score (nSPS) is 14.0. The predicted octanol–water partition coefficient (Wildman–Crippen LogP) is 8.54. The largest absolute Gasteiger partial charge is 0.480 e. The van der Waals surface area contributed by atoms with Gasteiger partial charge in [-0.1, -0.05) is 31.7 Å². The van der Waals surface area contributed by atoms with Crippen molar-refractivity contribution in [1.29, 1.82) is 0 Å². The number of pyridine rings is 4. The number of nitrogens with zero attached hydrogens (tertiary/aromatic N) is 9. The first-order chi connectivity index (χ1) is 37.0. The second-order valence-electron chi connectivity index (χ2n) is 17.9. The van der Waals surface area contributed by atoms with Crippen LogP contribution in [0.25, 0.3) is 44.1 Å². The Kier molecular flexibility index (Phi) is 24.2. The molecule has 25 heteroatoms. The van der Waals surface area contributed by atoms with Crippen LogP contribution in [0.1, 0.15) is 79.3 Å². The number of likely N-dealkylation sites (tertiary alicyclic amines) is 1. The highest BCUT2D eigenvalue weighted by Gasteiger charge is 2.35. The van der Waals surface area contributed by atoms with Crippen molar-refractivity contribution in [3.63, 3.8) is 0 Å². The molecule has 80 heavy (non-hydrogen) atoms. The maximum atomic E-state index is 13.3. The molecular weight excluding hydrogens is 1110 g/mol. The summed E-state index contributed by atoms with van der Waals surface area (Å²) in [6, 6.07) is 26.5. The van der Waals surface area contributed by atoms with Crippen LogP contribution in [0.3, 0.4) is 0 Å². The van der Waals surface area contributed by atoms with Gasteiger partial charge in [0.25, 0.3) is 0 Å². The molecule has 10 rings (SSSR count). The van der Waals surface area contributed by atoms with Gasteiger partial charge in [-0.05, 0) is 130 Å². The number of Topliss-reactive ketones (excluding diaryl/α,β-unsaturated/α-hetero) is 2. The highest BCUT2D eigenvalue weighted by Crippen LogP contribution is 2.29. The van der Waals surface area contributed by atoms with Crippen molar-refractivity contribution < 1.29 is 42.7 Å². The Hall–Kier alpha value is -7.90. The lowest BCUT2D eigenvalue weighted by atomic mass is 10.0. The van der Waals surface area contributed by atoms with Crippen LogP contribution in [0.2, 0.25) is 0 Å². The fourth-order valence-electron chi connectivity index (χ4n) is 8.81. The first-order valence-corrected chi connectivity index (χ1v) is 25.5. The highest BCUT2D eigenvalue weighted by atomic mass is 35.5. The second kappa shape index (κ2) is 29.9. The van der Waals surface area contributed by atoms with E-state index in [-0.39, 0.29) is 93.1 Å². The number of hydrogen-bond acceptors (Lipinski definition) is 15. The van der Waals surface area contributed by atoms with Crippen LogP contribution in [0.15, 0.2) is 109 Å². The van der Waals surface area contributed by atoms with Gasteiger partial charge in [-0.3, -0.25) is 38.1 Å². The van der Waals surface area contributed by atoms with Crippen molar-refractivity contribution in [3.8, 4) is 22.3 Å². The van der Waals surface area contributed by atoms with Gasteiger partial charge in [-0.15, -0.1) is 12.4 Å². The van der Waals surface area contributed by atoms with Crippen LogP contribution in [-0.2, 0) is 54.6 Å². The van der Waals surface area contributed by atoms with E-state index in [1.54, 1.807) is 59.5 Å². The minimum atomic E-state index is -1.05. The molecule has 8 heterocycles. The summed E-state index contributed by atoms with van der Waals surface area (Å²) in [7, 11) is 0. The van der Waals surface area contributed by atoms with Gasteiger partial charge in [0, 0.05) is 88.4 Å². The maximum absolute atomic E-state index is 13.3. The van der Waals surface area contributed by atoms with Crippen LogP contribution in [0, 0.1) is 25.7 Å². The van der Waals surface area contributed by atoms with Crippen molar-refractivity contribution in [2.75, 3.05) is 23.7 Å². The van der Waals surface area contributed by atoms with E-state index in [0.29, 0.717) is 64.0 Å². The molecular formula is C55H59ClF2N12O7S3. The summed E-state index contributed by atoms with van der Waals surface area (Å²) in [5.41, 5.74) is 6.16. The maximum Gasteiger partial charge on any atom is 0.325 e. The molecule has 6 aromatic heterocycles. The molecule has 0 unspecified atom stereocenters. The van der Waals surface area contributed by atoms with E-state index in [9.17, 15) is 37.5 Å². The number of carboxylic acids is 1. The summed E-state index contributed by atoms with van der Waals surface area (Å²) >= 11 is 7.33. The lowest BCUT2D eigenvalue weighted by molar-refractivity contribution is -0.138. The molecule has 0 bridgehead atoms. The smallest absolute Gasteiger partial charge is 0.325 e. The Morgan fingerprint density at radius 2 is 1.14 bits per heavy atom. The summed E-state index contributed by atoms with van der Waals surface area (Å²) in [4.78, 5) is 90.4. The van der Waals surface area contributed by atoms with Gasteiger partial charge in [0.2, 0.25) is 29.6 Å². The van der Waals surface area contributed by atoms with E-state index in [4.69, 9.17) is 5.11 Å². The van der Waals surface area contributed by atoms with Gasteiger partial charge >= 0.3 is 5.97 Å². The highest BCUT2D eigenvalue weighted by molar-refractivity contribution is 8.07. The molecule has 2 aliphatic rings. The van der Waals surface area contributed by atoms with Gasteiger partial charge < -0.3 is 26.0 Å². The first-order valence-electron chi connectivity index (χ1n) is 24.2. The van der Waals surface area contributed by atoms with Crippen LogP contribution in [0.5, 0.6) is 0 Å². The van der Waals surface area contributed by atoms with E-state index in [0.717, 1.165) is 41.9 Å². The number of hydrogen-bond donors (Lipinski definition) is 4. The second-order valence-corrected chi connectivity index (χ2v) is 17.9. The number of aliphatic carboxylic acids is 1. The average molecular weight is 1170 g/mol. The Morgan fingerprint density at radius 1 is 0.662 bits per heavy atom. The number of anilines is 2. The zero-order valence-electron chi connectivity index (χ0n) is 43.1. The molecule has 2 fully saturated rings. The van der Waals surface area contributed by atoms with E-state index in [1.807, 2.05) is 44.2 Å². The molecule has 0 spiro atoms. The number of nitrogens with one attached hydrogen (secondary N) is 3. The number of carbonyl (C=O) groups excluding carboxylic acids is 5. The summed E-state index contributed by atoms with van der Waals surface area (Å²) in [5.74, 6) is -2.14. The van der Waals surface area contributed by atoms with Crippen molar-refractivity contribution in [2.24, 2.45) is 0 Å². The average Bonchev–Trinajstić information content (AvgIpc) is 4.25. The fourth-order valence-corrected chi connectivity index (χ4v) is 8.81. The van der Waals surface area contributed by atoms with Gasteiger partial charge in [0.05, 0.1) is 17.1 Å². The Balaban J connectivity index is 0.000000274. The number of carbonyl (C=O) groups is 6. The van der Waals surface area contributed by atoms with Gasteiger partial charge in [-0.2, -0.15) is 32.5 Å². The van der Waals surface area contributed by atoms with E-state index in [2.05, 4.69) is 68.5 Å². The number of benzene rings is 2. The van der Waals surface area contributed by atoms with Crippen molar-refractivity contribution in [1.82, 2.24) is 49.7 Å². The molecule has 0 aliphatic carbocycles. The van der Waals surface area contributed by atoms with E-state index < -0.39 is 23.9 Å². The quantitative estimate of drug-likeness (QED) is 0.0661. The van der Waals surface area contributed by atoms with Gasteiger partial charge in [0.1, 0.15) is 42.2 Å². The Bertz CT molecular complexity index is 3490. The molecule has 4 N–H and O–H groups in total. The van der Waals surface area contributed by atoms with Crippen molar-refractivity contribution >= 4 is 117 Å². The number of ketones is 2. The van der Waals surface area contributed by atoms with Crippen molar-refractivity contribution in [3.05, 3.63) is 144 Å². The molecule has 2 atom stereocenters. The molecule has 2 aliphatic heterocycles. The fraction of sp³-hybridized carbons (Fsp3) is 0.273. The number of carboxylic acid groups (broad SMARTS) is 1. The molecule has 0 saturated carbocycles. The number of amides is 3. The number of aryl methyl sites for hydroxylation is 2. The number of fused-ring (bicyclic) bond motifs is 2. The molecule has 19 nitrogen and oxygen atoms in total. The minimum absolute atomic E-state index is 0. The molecule has 3 amide bonds. The summed E-state index contributed by atoms with van der Waals surface area (Å²) in [6.45, 7) is 7.47. The SMILES string of the molecule is C.CC(=O)c1nn(CC(=O)N2CCC[C@H]2C(=O)Nc2cccc(C)n2)c2ccc(-c3ccc(F)nc3)cc12.CC(=O)c1nn(CC(=O)O)c2ccc(-c3ccc(F)nc3)cc12.Cc1cccc(NC(=O)[C@@H]2CCCN2)n1.Cl.S.S=S. The van der Waals surface area contributed by atoms with Crippen molar-refractivity contribution in [2.45, 2.75) is 86.0 Å². The minimum Gasteiger partial charge on any atom is -0.480 e. The third-order valence-electron chi connectivity index (χ3n) is 12.4. The number of halogens is 3. The standard InChI is InChI=1S/C27H25FN6O3.C16H12FN3O3.C11H15N3O.CH4.ClH.S2.H2S/c1-16-5-3-7-24(30-16)31-27(37)22-6-4-12-33(22)25(36)15-34-21-10-8-18(19-9-11-23(28)29-14-19)13-20(21)26(32-34)17(2)35;1-9(21)16-12-6-10(11-3-5-14(17)18-7-11)2-4-13(12)20(19-16)8-15(22)23;1-8-4-2-6-10(13-8)14-11(15)9-5-3-7-12-9;;;1-2;/h3,5,7-11,13-14,22H,4,6,12,15H2,1-2H3,(H,30,31,37);2-7H,8H2,1H3,(H,22,23);2,4,6,9,12H,3,5,7H2,1H3,(H,13,14,15);1H4;1H;;1H2/t22-;;9-;;;;/m0.0..../s1. The summed E-state index contributed by atoms with van der Waals surface area (Å²) < 4.78 is 28.9. The predicted molar refractivity (Wildman–Crippen MR) is 314 cm³/mol. The molecule has 2 aromatic carbocycles. The summed E-state index contributed by atoms with van der Waals surface area (Å²) in [5, 5.41) is 27.4. The van der Waals surface area contributed by atoms with Gasteiger partial charge in [0.15, 0.2) is 11.6 Å². The van der Waals surface area contributed by atoms with E-state index in [1.165, 1.54) is 47.7 Å². The zero-order valence-corrected chi connectivity index (χ0v) is 46.6. The Labute approximate surface area is 482 Å². The molecule has 2 saturated heterocycles. The number of aromatic nitrogens is 8. The monoisotopic (exact) mass is 1170 g/mol. The summed E-state index contributed by atoms with van der Waals surface area (Å²) in [6.07, 6.45) is 6.06. The van der Waals surface area contributed by atoms with Crippen LogP contribution in [-0.4, -0.2) is 110 Å². The lowest BCUT2D eigenvalue weighted by Gasteiger charge is -2.24. The molecule has 420 valence electrons. The first kappa shape index (κ1) is 64.6. The molecule has 8 aromatic rings. The zero-order chi connectivity index (χ0) is 55.3. The van der Waals surface area contributed by atoms with E-state index >= 15 is 0 Å². The van der Waals surface area contributed by atoms with Crippen LogP contribution in [0.4, 0.5) is 20.4 Å². The molecule has 0 radical (unpaired) electrons. The van der Waals surface area contributed by atoms with Crippen LogP contribution >= 0.6 is 25.9 Å². The topological polar surface area (TPSA) is 249 Å². The van der Waals surface area contributed by atoms with Gasteiger partial charge in [-0.25, -0.2) is 19.9 Å². The lowest BCUT2D eigenvalue weighted by Crippen LogP contribution is -2.44. The van der Waals surface area contributed by atoms with Crippen LogP contribution < -0.4 is 16.0 Å². The third kappa shape index (κ3) is 16.3. The Morgan fingerprint density at radius 3 is 1.56 bits per heavy atom.